The lowest BCUT2D eigenvalue weighted by Gasteiger charge is -2.09. The van der Waals surface area contributed by atoms with Crippen LogP contribution in [-0.4, -0.2) is 9.55 Å². The van der Waals surface area contributed by atoms with Gasteiger partial charge in [0.2, 0.25) is 0 Å². The zero-order chi connectivity index (χ0) is 12.5. The average molecular weight is 277 g/mol. The number of halogens is 2. The molecule has 1 aromatic heterocycles. The number of hydrogen-bond acceptors (Lipinski definition) is 1. The normalized spacial score (nSPS) is 11.3. The van der Waals surface area contributed by atoms with E-state index in [-0.39, 0.29) is 0 Å². The topological polar surface area (TPSA) is 17.8 Å². The van der Waals surface area contributed by atoms with Crippen molar-refractivity contribution < 1.29 is 0 Å². The first kappa shape index (κ1) is 11.6. The second kappa shape index (κ2) is 4.63. The predicted octanol–water partition coefficient (Wildman–Crippen LogP) is 4.50. The summed E-state index contributed by atoms with van der Waals surface area (Å²) >= 11 is 12.0. The van der Waals surface area contributed by atoms with Crippen LogP contribution in [0.4, 0.5) is 0 Å². The Bertz CT molecular complexity index is 675. The molecule has 0 saturated carbocycles. The standard InChI is InChI=1S/C14H10Cl2N2/c15-13(16)14-17-11-8-4-5-9-12(11)18(14)10-6-2-1-3-7-10/h1-9,13H. The van der Waals surface area contributed by atoms with Crippen molar-refractivity contribution in [3.63, 3.8) is 0 Å². The summed E-state index contributed by atoms with van der Waals surface area (Å²) in [4.78, 5) is 3.83. The van der Waals surface area contributed by atoms with E-state index < -0.39 is 4.84 Å². The molecule has 0 atom stereocenters. The van der Waals surface area contributed by atoms with Gasteiger partial charge in [-0.25, -0.2) is 4.98 Å². The van der Waals surface area contributed by atoms with Gasteiger partial charge in [0.25, 0.3) is 0 Å². The van der Waals surface area contributed by atoms with E-state index in [4.69, 9.17) is 23.2 Å². The molecular weight excluding hydrogens is 267 g/mol. The zero-order valence-corrected chi connectivity index (χ0v) is 10.9. The van der Waals surface area contributed by atoms with Crippen molar-refractivity contribution >= 4 is 34.2 Å². The minimum atomic E-state index is -0.655. The smallest absolute Gasteiger partial charge is 0.165 e. The van der Waals surface area contributed by atoms with E-state index in [1.165, 1.54) is 0 Å². The molecule has 3 aromatic rings. The number of fused-ring (bicyclic) bond motifs is 1. The molecule has 0 saturated heterocycles. The molecule has 0 aliphatic rings. The minimum Gasteiger partial charge on any atom is -0.294 e. The molecule has 2 nitrogen and oxygen atoms in total. The lowest BCUT2D eigenvalue weighted by atomic mass is 10.3. The Morgan fingerprint density at radius 3 is 2.28 bits per heavy atom. The Morgan fingerprint density at radius 2 is 1.56 bits per heavy atom. The number of alkyl halides is 2. The van der Waals surface area contributed by atoms with Crippen molar-refractivity contribution in [2.75, 3.05) is 0 Å². The first-order valence-electron chi connectivity index (χ1n) is 5.58. The monoisotopic (exact) mass is 276 g/mol. The lowest BCUT2D eigenvalue weighted by Crippen LogP contribution is -2.00. The van der Waals surface area contributed by atoms with Crippen molar-refractivity contribution in [1.29, 1.82) is 0 Å². The molecule has 90 valence electrons. The molecule has 3 rings (SSSR count). The van der Waals surface area contributed by atoms with Gasteiger partial charge < -0.3 is 0 Å². The maximum Gasteiger partial charge on any atom is 0.165 e. The SMILES string of the molecule is ClC(Cl)c1nc2ccccc2n1-c1ccccc1. The van der Waals surface area contributed by atoms with Crippen LogP contribution in [0.25, 0.3) is 16.7 Å². The number of hydrogen-bond donors (Lipinski definition) is 0. The average Bonchev–Trinajstić information content (AvgIpc) is 2.79. The fourth-order valence-corrected chi connectivity index (χ4v) is 2.33. The van der Waals surface area contributed by atoms with Crippen LogP contribution in [0.1, 0.15) is 10.7 Å². The van der Waals surface area contributed by atoms with Crippen LogP contribution in [0.2, 0.25) is 0 Å². The summed E-state index contributed by atoms with van der Waals surface area (Å²) in [6.07, 6.45) is 0. The molecule has 18 heavy (non-hydrogen) atoms. The predicted molar refractivity (Wildman–Crippen MR) is 75.5 cm³/mol. The molecule has 0 amide bonds. The minimum absolute atomic E-state index is 0.644. The summed E-state index contributed by atoms with van der Waals surface area (Å²) in [5.41, 5.74) is 2.90. The number of aromatic nitrogens is 2. The second-order valence-corrected chi connectivity index (χ2v) is 5.03. The van der Waals surface area contributed by atoms with Gasteiger partial charge in [-0.3, -0.25) is 4.57 Å². The van der Waals surface area contributed by atoms with Gasteiger partial charge in [-0.1, -0.05) is 53.5 Å². The van der Waals surface area contributed by atoms with Gasteiger partial charge in [-0.05, 0) is 24.3 Å². The van der Waals surface area contributed by atoms with Crippen molar-refractivity contribution in [3.8, 4) is 5.69 Å². The fourth-order valence-electron chi connectivity index (χ4n) is 2.04. The van der Waals surface area contributed by atoms with Gasteiger partial charge in [-0.15, -0.1) is 0 Å². The Labute approximate surface area is 115 Å². The third-order valence-corrected chi connectivity index (χ3v) is 3.19. The Balaban J connectivity index is 2.35. The number of nitrogens with zero attached hydrogens (tertiary/aromatic N) is 2. The van der Waals surface area contributed by atoms with E-state index in [1.807, 2.05) is 59.2 Å². The number of para-hydroxylation sites is 3. The quantitative estimate of drug-likeness (QED) is 0.630. The summed E-state index contributed by atoms with van der Waals surface area (Å²) in [5, 5.41) is 0. The van der Waals surface area contributed by atoms with Gasteiger partial charge >= 0.3 is 0 Å². The molecule has 0 spiro atoms. The van der Waals surface area contributed by atoms with Gasteiger partial charge in [0.15, 0.2) is 4.84 Å². The van der Waals surface area contributed by atoms with Crippen molar-refractivity contribution in [1.82, 2.24) is 9.55 Å². The summed E-state index contributed by atoms with van der Waals surface area (Å²) in [7, 11) is 0. The van der Waals surface area contributed by atoms with Crippen molar-refractivity contribution in [2.24, 2.45) is 0 Å². The third-order valence-electron chi connectivity index (χ3n) is 2.80. The largest absolute Gasteiger partial charge is 0.294 e. The highest BCUT2D eigenvalue weighted by atomic mass is 35.5. The summed E-state index contributed by atoms with van der Waals surface area (Å²) < 4.78 is 1.99. The van der Waals surface area contributed by atoms with Gasteiger partial charge in [0.1, 0.15) is 5.82 Å². The highest BCUT2D eigenvalue weighted by Gasteiger charge is 2.16. The van der Waals surface area contributed by atoms with Crippen LogP contribution in [0.15, 0.2) is 54.6 Å². The van der Waals surface area contributed by atoms with Crippen LogP contribution in [0, 0.1) is 0 Å². The zero-order valence-electron chi connectivity index (χ0n) is 9.42. The summed E-state index contributed by atoms with van der Waals surface area (Å²) in [6, 6.07) is 17.8. The van der Waals surface area contributed by atoms with E-state index in [0.29, 0.717) is 5.82 Å². The molecule has 0 aliphatic heterocycles. The summed E-state index contributed by atoms with van der Waals surface area (Å²) in [6.45, 7) is 0. The molecule has 4 heteroatoms. The van der Waals surface area contributed by atoms with Gasteiger partial charge in [-0.2, -0.15) is 0 Å². The van der Waals surface area contributed by atoms with Crippen molar-refractivity contribution in [3.05, 3.63) is 60.4 Å². The molecule has 0 bridgehead atoms. The van der Waals surface area contributed by atoms with Crippen LogP contribution in [0.3, 0.4) is 0 Å². The van der Waals surface area contributed by atoms with E-state index in [0.717, 1.165) is 16.7 Å². The Kier molecular flexibility index (Phi) is 2.98. The van der Waals surface area contributed by atoms with Crippen molar-refractivity contribution in [2.45, 2.75) is 4.84 Å². The first-order valence-corrected chi connectivity index (χ1v) is 6.45. The van der Waals surface area contributed by atoms with Gasteiger partial charge in [0.05, 0.1) is 11.0 Å². The second-order valence-electron chi connectivity index (χ2n) is 3.93. The highest BCUT2D eigenvalue weighted by molar-refractivity contribution is 6.43. The Hall–Kier alpha value is -1.51. The fraction of sp³-hybridized carbons (Fsp3) is 0.0714. The van der Waals surface area contributed by atoms with Crippen LogP contribution >= 0.6 is 23.2 Å². The molecule has 2 aromatic carbocycles. The lowest BCUT2D eigenvalue weighted by molar-refractivity contribution is 0.967. The molecule has 0 fully saturated rings. The van der Waals surface area contributed by atoms with Crippen LogP contribution in [0.5, 0.6) is 0 Å². The molecule has 0 N–H and O–H groups in total. The highest BCUT2D eigenvalue weighted by Crippen LogP contribution is 2.30. The van der Waals surface area contributed by atoms with Crippen LogP contribution < -0.4 is 0 Å². The van der Waals surface area contributed by atoms with E-state index in [1.54, 1.807) is 0 Å². The maximum atomic E-state index is 6.01. The third kappa shape index (κ3) is 1.88. The molecular formula is C14H10Cl2N2. The number of rotatable bonds is 2. The van der Waals surface area contributed by atoms with E-state index in [9.17, 15) is 0 Å². The molecule has 0 aliphatic carbocycles. The van der Waals surface area contributed by atoms with Gasteiger partial charge in [0, 0.05) is 5.69 Å². The first-order chi connectivity index (χ1) is 8.77. The molecule has 0 radical (unpaired) electrons. The van der Waals surface area contributed by atoms with E-state index in [2.05, 4.69) is 4.98 Å². The van der Waals surface area contributed by atoms with E-state index >= 15 is 0 Å². The summed E-state index contributed by atoms with van der Waals surface area (Å²) in [5.74, 6) is 0.644. The maximum absolute atomic E-state index is 6.01. The number of imidazole rings is 1. The molecule has 1 heterocycles. The molecule has 0 unspecified atom stereocenters. The number of benzene rings is 2. The van der Waals surface area contributed by atoms with Crippen LogP contribution in [-0.2, 0) is 0 Å². The Morgan fingerprint density at radius 1 is 0.889 bits per heavy atom.